The van der Waals surface area contributed by atoms with Gasteiger partial charge >= 0.3 is 5.69 Å². The first-order valence-electron chi connectivity index (χ1n) is 6.89. The SMILES string of the molecule is CCCn1c(C)cc2c3c(=O)n(C)c(=O)n(C)c3nnc21. The van der Waals surface area contributed by atoms with E-state index in [0.29, 0.717) is 16.7 Å². The van der Waals surface area contributed by atoms with Crippen LogP contribution in [-0.2, 0) is 20.6 Å². The summed E-state index contributed by atoms with van der Waals surface area (Å²) in [6.45, 7) is 4.89. The van der Waals surface area contributed by atoms with Crippen molar-refractivity contribution in [2.45, 2.75) is 26.8 Å². The van der Waals surface area contributed by atoms with Crippen molar-refractivity contribution in [3.8, 4) is 0 Å². The van der Waals surface area contributed by atoms with E-state index in [-0.39, 0.29) is 5.56 Å². The van der Waals surface area contributed by atoms with Gasteiger partial charge in [0.1, 0.15) is 0 Å². The molecule has 0 N–H and O–H groups in total. The van der Waals surface area contributed by atoms with Crippen LogP contribution in [0, 0.1) is 6.92 Å². The molecule has 0 aromatic carbocycles. The zero-order valence-corrected chi connectivity index (χ0v) is 12.5. The van der Waals surface area contributed by atoms with Gasteiger partial charge in [-0.05, 0) is 19.4 Å². The maximum absolute atomic E-state index is 12.5. The first-order valence-corrected chi connectivity index (χ1v) is 6.89. The van der Waals surface area contributed by atoms with Crippen LogP contribution in [0.15, 0.2) is 15.7 Å². The molecule has 21 heavy (non-hydrogen) atoms. The maximum Gasteiger partial charge on any atom is 0.332 e. The van der Waals surface area contributed by atoms with Crippen LogP contribution in [0.3, 0.4) is 0 Å². The number of nitrogens with zero attached hydrogens (tertiary/aromatic N) is 5. The third-order valence-corrected chi connectivity index (χ3v) is 3.87. The van der Waals surface area contributed by atoms with Gasteiger partial charge in [0.15, 0.2) is 11.3 Å². The lowest BCUT2D eigenvalue weighted by Crippen LogP contribution is -2.37. The molecular formula is C14H17N5O2. The molecule has 3 heterocycles. The highest BCUT2D eigenvalue weighted by molar-refractivity contribution is 6.01. The van der Waals surface area contributed by atoms with Crippen molar-refractivity contribution >= 4 is 22.1 Å². The summed E-state index contributed by atoms with van der Waals surface area (Å²) in [5, 5.41) is 9.53. The van der Waals surface area contributed by atoms with Crippen LogP contribution in [-0.4, -0.2) is 23.9 Å². The molecule has 0 saturated carbocycles. The van der Waals surface area contributed by atoms with Gasteiger partial charge in [-0.15, -0.1) is 10.2 Å². The number of aryl methyl sites for hydroxylation is 3. The second-order valence-electron chi connectivity index (χ2n) is 5.28. The smallest absolute Gasteiger partial charge is 0.328 e. The Labute approximate surface area is 120 Å². The second-order valence-corrected chi connectivity index (χ2v) is 5.28. The minimum absolute atomic E-state index is 0.323. The molecule has 0 aliphatic carbocycles. The summed E-state index contributed by atoms with van der Waals surface area (Å²) in [7, 11) is 3.08. The largest absolute Gasteiger partial charge is 0.332 e. The Balaban J connectivity index is 2.59. The van der Waals surface area contributed by atoms with E-state index in [4.69, 9.17) is 0 Å². The highest BCUT2D eigenvalue weighted by atomic mass is 16.2. The van der Waals surface area contributed by atoms with Crippen molar-refractivity contribution < 1.29 is 0 Å². The Kier molecular flexibility index (Phi) is 2.93. The lowest BCUT2D eigenvalue weighted by molar-refractivity contribution is 0.674. The van der Waals surface area contributed by atoms with Crippen LogP contribution in [0.5, 0.6) is 0 Å². The fraction of sp³-hybridized carbons (Fsp3) is 0.429. The van der Waals surface area contributed by atoms with Gasteiger partial charge in [-0.1, -0.05) is 6.92 Å². The zero-order chi connectivity index (χ0) is 15.3. The minimum atomic E-state index is -0.397. The number of hydrogen-bond donors (Lipinski definition) is 0. The monoisotopic (exact) mass is 287 g/mol. The third-order valence-electron chi connectivity index (χ3n) is 3.87. The van der Waals surface area contributed by atoms with Crippen LogP contribution >= 0.6 is 0 Å². The quantitative estimate of drug-likeness (QED) is 0.695. The lowest BCUT2D eigenvalue weighted by Gasteiger charge is -2.07. The van der Waals surface area contributed by atoms with Crippen LogP contribution in [0.4, 0.5) is 0 Å². The highest BCUT2D eigenvalue weighted by Crippen LogP contribution is 2.22. The van der Waals surface area contributed by atoms with Gasteiger partial charge in [0.25, 0.3) is 5.56 Å². The predicted molar refractivity (Wildman–Crippen MR) is 80.5 cm³/mol. The van der Waals surface area contributed by atoms with Gasteiger partial charge < -0.3 is 4.57 Å². The molecule has 110 valence electrons. The average molecular weight is 287 g/mol. The van der Waals surface area contributed by atoms with Gasteiger partial charge in [-0.2, -0.15) is 0 Å². The summed E-state index contributed by atoms with van der Waals surface area (Å²) in [4.78, 5) is 24.4. The Morgan fingerprint density at radius 3 is 2.43 bits per heavy atom. The number of fused-ring (bicyclic) bond motifs is 3. The number of aromatic nitrogens is 5. The summed E-state index contributed by atoms with van der Waals surface area (Å²) in [5.74, 6) is 0. The Bertz CT molecular complexity index is 977. The Hall–Kier alpha value is -2.44. The van der Waals surface area contributed by atoms with E-state index in [0.717, 1.165) is 28.6 Å². The molecule has 0 spiro atoms. The van der Waals surface area contributed by atoms with Gasteiger partial charge in [-0.25, -0.2) is 4.79 Å². The van der Waals surface area contributed by atoms with E-state index < -0.39 is 5.69 Å². The van der Waals surface area contributed by atoms with Gasteiger partial charge in [0.05, 0.1) is 5.39 Å². The van der Waals surface area contributed by atoms with E-state index in [2.05, 4.69) is 17.1 Å². The molecule has 3 aromatic heterocycles. The minimum Gasteiger partial charge on any atom is -0.328 e. The molecular weight excluding hydrogens is 270 g/mol. The molecule has 0 atom stereocenters. The van der Waals surface area contributed by atoms with Crippen LogP contribution in [0.25, 0.3) is 22.1 Å². The van der Waals surface area contributed by atoms with E-state index in [1.165, 1.54) is 11.6 Å². The van der Waals surface area contributed by atoms with E-state index in [1.807, 2.05) is 17.6 Å². The second kappa shape index (κ2) is 4.54. The van der Waals surface area contributed by atoms with Gasteiger partial charge in [0, 0.05) is 31.7 Å². The molecule has 3 aromatic rings. The summed E-state index contributed by atoms with van der Waals surface area (Å²) in [6.07, 6.45) is 0.968. The van der Waals surface area contributed by atoms with Crippen LogP contribution < -0.4 is 11.2 Å². The standard InChI is InChI=1S/C14H17N5O2/c1-5-6-19-8(2)7-9-10-12(16-15-11(9)19)17(3)14(21)18(4)13(10)20/h7H,5-6H2,1-4H3. The Morgan fingerprint density at radius 2 is 1.76 bits per heavy atom. The van der Waals surface area contributed by atoms with E-state index >= 15 is 0 Å². The molecule has 0 aliphatic heterocycles. The van der Waals surface area contributed by atoms with E-state index in [1.54, 1.807) is 7.05 Å². The van der Waals surface area contributed by atoms with Crippen molar-refractivity contribution in [3.05, 3.63) is 32.6 Å². The first-order chi connectivity index (χ1) is 9.97. The summed E-state index contributed by atoms with van der Waals surface area (Å²) >= 11 is 0. The molecule has 0 saturated heterocycles. The zero-order valence-electron chi connectivity index (χ0n) is 12.5. The summed E-state index contributed by atoms with van der Waals surface area (Å²) in [5.41, 5.74) is 1.32. The molecule has 0 fully saturated rings. The first kappa shape index (κ1) is 13.5. The maximum atomic E-state index is 12.5. The molecule has 0 aliphatic rings. The normalized spacial score (nSPS) is 11.6. The van der Waals surface area contributed by atoms with Crippen molar-refractivity contribution in [2.75, 3.05) is 0 Å². The summed E-state index contributed by atoms with van der Waals surface area (Å²) in [6, 6.07) is 1.94. The molecule has 3 rings (SSSR count). The average Bonchev–Trinajstić information content (AvgIpc) is 2.78. The molecule has 7 nitrogen and oxygen atoms in total. The van der Waals surface area contributed by atoms with Crippen molar-refractivity contribution in [2.24, 2.45) is 14.1 Å². The van der Waals surface area contributed by atoms with Crippen LogP contribution in [0.1, 0.15) is 19.0 Å². The molecule has 0 unspecified atom stereocenters. The Morgan fingerprint density at radius 1 is 1.10 bits per heavy atom. The molecule has 0 radical (unpaired) electrons. The lowest BCUT2D eigenvalue weighted by atomic mass is 10.2. The van der Waals surface area contributed by atoms with E-state index in [9.17, 15) is 9.59 Å². The predicted octanol–water partition coefficient (Wildman–Crippen LogP) is 0.700. The van der Waals surface area contributed by atoms with Crippen molar-refractivity contribution in [1.82, 2.24) is 23.9 Å². The fourth-order valence-corrected chi connectivity index (χ4v) is 2.74. The topological polar surface area (TPSA) is 74.7 Å². The summed E-state index contributed by atoms with van der Waals surface area (Å²) < 4.78 is 4.51. The number of hydrogen-bond acceptors (Lipinski definition) is 4. The number of rotatable bonds is 2. The highest BCUT2D eigenvalue weighted by Gasteiger charge is 2.17. The van der Waals surface area contributed by atoms with Gasteiger partial charge in [-0.3, -0.25) is 13.9 Å². The molecule has 7 heteroatoms. The fourth-order valence-electron chi connectivity index (χ4n) is 2.74. The molecule has 0 bridgehead atoms. The van der Waals surface area contributed by atoms with Crippen molar-refractivity contribution in [3.63, 3.8) is 0 Å². The van der Waals surface area contributed by atoms with Crippen molar-refractivity contribution in [1.29, 1.82) is 0 Å². The third kappa shape index (κ3) is 1.73. The molecule has 0 amide bonds. The van der Waals surface area contributed by atoms with Gasteiger partial charge in [0.2, 0.25) is 0 Å². The van der Waals surface area contributed by atoms with Crippen LogP contribution in [0.2, 0.25) is 0 Å².